The van der Waals surface area contributed by atoms with E-state index < -0.39 is 18.5 Å². The fourth-order valence-electron chi connectivity index (χ4n) is 5.24. The Morgan fingerprint density at radius 2 is 1.76 bits per heavy atom. The van der Waals surface area contributed by atoms with Gasteiger partial charge in [0.2, 0.25) is 0 Å². The van der Waals surface area contributed by atoms with E-state index in [2.05, 4.69) is 12.2 Å². The molecular formula is C32H26N2O4. The summed E-state index contributed by atoms with van der Waals surface area (Å²) < 4.78 is 11.2. The predicted molar refractivity (Wildman–Crippen MR) is 149 cm³/mol. The molecule has 0 unspecified atom stereocenters. The summed E-state index contributed by atoms with van der Waals surface area (Å²) in [5.74, 6) is 0.116. The molecule has 2 heterocycles. The van der Waals surface area contributed by atoms with E-state index in [4.69, 9.17) is 14.1 Å². The maximum atomic E-state index is 13.6. The third-order valence-electron chi connectivity index (χ3n) is 6.88. The summed E-state index contributed by atoms with van der Waals surface area (Å²) in [4.78, 5) is 31.3. The van der Waals surface area contributed by atoms with Crippen molar-refractivity contribution in [2.45, 2.75) is 19.8 Å². The zero-order chi connectivity index (χ0) is 26.1. The average Bonchev–Trinajstić information content (AvgIpc) is 3.44. The molecule has 0 spiro atoms. The molecule has 6 heteroatoms. The molecule has 3 aromatic carbocycles. The molecule has 5 aromatic rings. The minimum Gasteiger partial charge on any atom is -0.465 e. The third-order valence-corrected chi connectivity index (χ3v) is 6.88. The summed E-state index contributed by atoms with van der Waals surface area (Å²) in [5, 5.41) is 5.54. The van der Waals surface area contributed by atoms with E-state index in [1.54, 1.807) is 6.26 Å². The molecule has 0 aliphatic heterocycles. The maximum Gasteiger partial charge on any atom is 0.339 e. The molecule has 6 rings (SSSR count). The van der Waals surface area contributed by atoms with Crippen molar-refractivity contribution in [3.05, 3.63) is 108 Å². The third kappa shape index (κ3) is 4.57. The molecule has 6 nitrogen and oxygen atoms in total. The van der Waals surface area contributed by atoms with E-state index in [0.29, 0.717) is 29.1 Å². The number of nitrogens with zero attached hydrogens (tertiary/aromatic N) is 1. The number of rotatable bonds is 5. The summed E-state index contributed by atoms with van der Waals surface area (Å²) in [5.41, 5.74) is 4.50. The van der Waals surface area contributed by atoms with E-state index in [9.17, 15) is 9.59 Å². The number of fused-ring (bicyclic) bond motifs is 3. The Balaban J connectivity index is 1.31. The van der Waals surface area contributed by atoms with Crippen molar-refractivity contribution in [1.82, 2.24) is 4.98 Å². The molecule has 1 amide bonds. The molecule has 2 aromatic heterocycles. The molecule has 1 aliphatic carbocycles. The molecule has 0 saturated heterocycles. The van der Waals surface area contributed by atoms with Crippen molar-refractivity contribution >= 4 is 50.9 Å². The molecule has 38 heavy (non-hydrogen) atoms. The van der Waals surface area contributed by atoms with Gasteiger partial charge in [-0.25, -0.2) is 9.78 Å². The van der Waals surface area contributed by atoms with Crippen molar-refractivity contribution in [1.29, 1.82) is 0 Å². The number of esters is 1. The van der Waals surface area contributed by atoms with Crippen LogP contribution >= 0.6 is 0 Å². The molecule has 0 saturated carbocycles. The van der Waals surface area contributed by atoms with E-state index in [1.165, 1.54) is 0 Å². The monoisotopic (exact) mass is 502 g/mol. The van der Waals surface area contributed by atoms with Crippen LogP contribution in [0.25, 0.3) is 33.3 Å². The van der Waals surface area contributed by atoms with Crippen LogP contribution < -0.4 is 5.32 Å². The second kappa shape index (κ2) is 9.98. The van der Waals surface area contributed by atoms with Gasteiger partial charge in [-0.3, -0.25) is 4.79 Å². The lowest BCUT2D eigenvalue weighted by molar-refractivity contribution is -0.119. The van der Waals surface area contributed by atoms with Crippen molar-refractivity contribution in [2.75, 3.05) is 11.9 Å². The Labute approximate surface area is 219 Å². The van der Waals surface area contributed by atoms with Crippen molar-refractivity contribution < 1.29 is 18.7 Å². The number of para-hydroxylation sites is 1. The van der Waals surface area contributed by atoms with Crippen LogP contribution in [0.2, 0.25) is 0 Å². The van der Waals surface area contributed by atoms with Gasteiger partial charge in [0.05, 0.1) is 23.0 Å². The van der Waals surface area contributed by atoms with Crippen LogP contribution in [0.15, 0.2) is 89.5 Å². The van der Waals surface area contributed by atoms with E-state index in [0.717, 1.165) is 45.2 Å². The number of carbonyl (C=O) groups excluding carboxylic acids is 2. The predicted octanol–water partition coefficient (Wildman–Crippen LogP) is 6.90. The van der Waals surface area contributed by atoms with Gasteiger partial charge in [0.25, 0.3) is 5.91 Å². The number of aromatic nitrogens is 1. The Kier molecular flexibility index (Phi) is 6.22. The van der Waals surface area contributed by atoms with Gasteiger partial charge < -0.3 is 14.5 Å². The SMILES string of the molecule is C[C@@H]1C/C(=C/c2ccco2)c2nc3ccccc3c(C(=O)OCC(=O)Nc3cccc4ccccc34)c2C1. The number of furan rings is 1. The molecular weight excluding hydrogens is 476 g/mol. The Morgan fingerprint density at radius 3 is 2.61 bits per heavy atom. The highest BCUT2D eigenvalue weighted by molar-refractivity contribution is 6.08. The highest BCUT2D eigenvalue weighted by Crippen LogP contribution is 2.38. The number of anilines is 1. The smallest absolute Gasteiger partial charge is 0.339 e. The van der Waals surface area contributed by atoms with E-state index in [-0.39, 0.29) is 0 Å². The summed E-state index contributed by atoms with van der Waals surface area (Å²) in [6.45, 7) is 1.76. The van der Waals surface area contributed by atoms with Gasteiger partial charge in [-0.1, -0.05) is 61.5 Å². The van der Waals surface area contributed by atoms with Crippen LogP contribution in [0.5, 0.6) is 0 Å². The summed E-state index contributed by atoms with van der Waals surface area (Å²) in [6, 6.07) is 24.8. The molecule has 0 fully saturated rings. The van der Waals surface area contributed by atoms with Crippen molar-refractivity contribution in [2.24, 2.45) is 5.92 Å². The van der Waals surface area contributed by atoms with E-state index in [1.807, 2.05) is 84.9 Å². The van der Waals surface area contributed by atoms with Gasteiger partial charge in [-0.2, -0.15) is 0 Å². The lowest BCUT2D eigenvalue weighted by Crippen LogP contribution is -2.23. The van der Waals surface area contributed by atoms with Crippen molar-refractivity contribution in [3.63, 3.8) is 0 Å². The first-order chi connectivity index (χ1) is 18.6. The van der Waals surface area contributed by atoms with Gasteiger partial charge in [0, 0.05) is 16.5 Å². The van der Waals surface area contributed by atoms with Gasteiger partial charge in [0.1, 0.15) is 5.76 Å². The first-order valence-electron chi connectivity index (χ1n) is 12.7. The number of hydrogen-bond donors (Lipinski definition) is 1. The quantitative estimate of drug-likeness (QED) is 0.264. The zero-order valence-corrected chi connectivity index (χ0v) is 20.9. The van der Waals surface area contributed by atoms with Crippen LogP contribution in [0.3, 0.4) is 0 Å². The highest BCUT2D eigenvalue weighted by atomic mass is 16.5. The van der Waals surface area contributed by atoms with Crippen molar-refractivity contribution in [3.8, 4) is 0 Å². The topological polar surface area (TPSA) is 81.4 Å². The lowest BCUT2D eigenvalue weighted by Gasteiger charge is -2.26. The molecule has 0 radical (unpaired) electrons. The molecule has 1 atom stereocenters. The van der Waals surface area contributed by atoms with Crippen LogP contribution in [-0.4, -0.2) is 23.5 Å². The first-order valence-corrected chi connectivity index (χ1v) is 12.7. The van der Waals surface area contributed by atoms with E-state index >= 15 is 0 Å². The highest BCUT2D eigenvalue weighted by Gasteiger charge is 2.29. The van der Waals surface area contributed by atoms with Crippen LogP contribution in [0.1, 0.15) is 40.7 Å². The Hall–Kier alpha value is -4.71. The number of hydrogen-bond acceptors (Lipinski definition) is 5. The largest absolute Gasteiger partial charge is 0.465 e. The Bertz CT molecular complexity index is 1700. The second-order valence-corrected chi connectivity index (χ2v) is 9.68. The summed E-state index contributed by atoms with van der Waals surface area (Å²) in [6.07, 6.45) is 5.14. The van der Waals surface area contributed by atoms with Crippen LogP contribution in [-0.2, 0) is 16.0 Å². The normalized spacial score (nSPS) is 15.9. The van der Waals surface area contributed by atoms with Crippen LogP contribution in [0.4, 0.5) is 5.69 Å². The van der Waals surface area contributed by atoms with Gasteiger partial charge in [-0.05, 0) is 65.6 Å². The standard InChI is InChI=1S/C32H26N2O4/c1-20-16-22(18-23-10-7-15-37-23)31-26(17-20)30(25-12-4-5-13-28(25)34-31)32(36)38-19-29(35)33-27-14-6-9-21-8-2-3-11-24(21)27/h2-15,18,20H,16-17,19H2,1H3,(H,33,35)/b22-18-/t20-/m1/s1. The minimum atomic E-state index is -0.528. The number of amides is 1. The number of benzene rings is 3. The number of nitrogens with one attached hydrogen (secondary N) is 1. The number of carbonyl (C=O) groups is 2. The molecule has 1 N–H and O–H groups in total. The fourth-order valence-corrected chi connectivity index (χ4v) is 5.24. The van der Waals surface area contributed by atoms with Crippen LogP contribution in [0, 0.1) is 5.92 Å². The second-order valence-electron chi connectivity index (χ2n) is 9.68. The zero-order valence-electron chi connectivity index (χ0n) is 20.9. The summed E-state index contributed by atoms with van der Waals surface area (Å²) >= 11 is 0. The van der Waals surface area contributed by atoms with Gasteiger partial charge >= 0.3 is 5.97 Å². The Morgan fingerprint density at radius 1 is 0.974 bits per heavy atom. The molecule has 1 aliphatic rings. The first kappa shape index (κ1) is 23.7. The maximum absolute atomic E-state index is 13.6. The summed E-state index contributed by atoms with van der Waals surface area (Å²) in [7, 11) is 0. The number of ether oxygens (including phenoxy) is 1. The number of allylic oxidation sites excluding steroid dienone is 1. The van der Waals surface area contributed by atoms with Gasteiger partial charge in [-0.15, -0.1) is 0 Å². The number of pyridine rings is 1. The lowest BCUT2D eigenvalue weighted by atomic mass is 9.81. The van der Waals surface area contributed by atoms with Gasteiger partial charge in [0.15, 0.2) is 6.61 Å². The fraction of sp³-hybridized carbons (Fsp3) is 0.156. The molecule has 0 bridgehead atoms. The average molecular weight is 503 g/mol. The minimum absolute atomic E-state index is 0.299. The molecule has 188 valence electrons.